The summed E-state index contributed by atoms with van der Waals surface area (Å²) in [5.41, 5.74) is 0. The second-order valence-corrected chi connectivity index (χ2v) is 6.74. The van der Waals surface area contributed by atoms with E-state index in [1.165, 1.54) is 51.4 Å². The van der Waals surface area contributed by atoms with E-state index in [0.29, 0.717) is 11.6 Å². The van der Waals surface area contributed by atoms with E-state index >= 15 is 0 Å². The van der Waals surface area contributed by atoms with Crippen LogP contribution >= 0.6 is 0 Å². The Bertz CT molecular complexity index is 621. The molecule has 0 aromatic carbocycles. The smallest absolute Gasteiger partial charge is 0.298 e. The molecule has 0 spiro atoms. The summed E-state index contributed by atoms with van der Waals surface area (Å²) in [6.45, 7) is 0.217. The molecule has 3 fully saturated rings. The monoisotopic (exact) mass is 304 g/mol. The third-order valence-electron chi connectivity index (χ3n) is 5.72. The highest BCUT2D eigenvalue weighted by molar-refractivity contribution is 6.56. The summed E-state index contributed by atoms with van der Waals surface area (Å²) in [5.74, 6) is 17.8. The number of fused-ring (bicyclic) bond motifs is 3. The van der Waals surface area contributed by atoms with Crippen LogP contribution in [0.25, 0.3) is 0 Å². The molecule has 23 heavy (non-hydrogen) atoms. The van der Waals surface area contributed by atoms with E-state index < -0.39 is 0 Å². The van der Waals surface area contributed by atoms with Gasteiger partial charge in [-0.25, -0.2) is 4.81 Å². The first-order valence-corrected chi connectivity index (χ1v) is 8.69. The van der Waals surface area contributed by atoms with Gasteiger partial charge < -0.3 is 0 Å². The normalized spacial score (nSPS) is 30.8. The van der Waals surface area contributed by atoms with Crippen LogP contribution in [0.2, 0.25) is 11.6 Å². The Morgan fingerprint density at radius 3 is 1.96 bits per heavy atom. The molecule has 0 bridgehead atoms. The maximum absolute atomic E-state index is 5.76. The maximum atomic E-state index is 5.76. The lowest BCUT2D eigenvalue weighted by molar-refractivity contribution is -0.143. The van der Waals surface area contributed by atoms with Gasteiger partial charge in [0, 0.05) is 17.8 Å². The van der Waals surface area contributed by atoms with Crippen molar-refractivity contribution in [1.82, 2.24) is 0 Å². The second-order valence-electron chi connectivity index (χ2n) is 6.74. The Balaban J connectivity index is 1.58. The van der Waals surface area contributed by atoms with Crippen molar-refractivity contribution in [2.24, 2.45) is 11.8 Å². The van der Waals surface area contributed by atoms with Gasteiger partial charge in [-0.1, -0.05) is 51.4 Å². The lowest BCUT2D eigenvalue weighted by Gasteiger charge is -2.32. The van der Waals surface area contributed by atoms with Gasteiger partial charge >= 0.3 is 6.92 Å². The molecule has 2 saturated carbocycles. The first kappa shape index (κ1) is 15.9. The van der Waals surface area contributed by atoms with Gasteiger partial charge in [-0.3, -0.25) is 4.89 Å². The first-order chi connectivity index (χ1) is 11.4. The fraction of sp³-hybridized carbons (Fsp3) is 0.600. The molecule has 1 saturated heterocycles. The quantitative estimate of drug-likeness (QED) is 0.335. The van der Waals surface area contributed by atoms with Gasteiger partial charge in [0.2, 0.25) is 0 Å². The van der Waals surface area contributed by atoms with Crippen molar-refractivity contribution in [1.29, 1.82) is 0 Å². The maximum Gasteiger partial charge on any atom is 0.364 e. The van der Waals surface area contributed by atoms with Crippen LogP contribution in [0.4, 0.5) is 0 Å². The summed E-state index contributed by atoms with van der Waals surface area (Å²) >= 11 is 0. The molecule has 2 aliphatic carbocycles. The molecule has 3 rings (SSSR count). The number of terminal acetylenes is 1. The molecule has 3 heteroatoms. The standard InChI is InChI=1S/C20H21BO2/c1-2-3-4-5-6-11-16-22-23-21-19-14-9-7-12-17(19)18-13-8-10-15-20(18)21/h1,17-20H,7-10,12-15H2. The van der Waals surface area contributed by atoms with Crippen LogP contribution < -0.4 is 0 Å². The van der Waals surface area contributed by atoms with Crippen molar-refractivity contribution in [3.05, 3.63) is 0 Å². The van der Waals surface area contributed by atoms with Crippen molar-refractivity contribution in [2.75, 3.05) is 0 Å². The molecule has 4 atom stereocenters. The first-order valence-electron chi connectivity index (χ1n) is 8.69. The minimum Gasteiger partial charge on any atom is -0.298 e. The summed E-state index contributed by atoms with van der Waals surface area (Å²) in [6.07, 6.45) is 18.2. The summed E-state index contributed by atoms with van der Waals surface area (Å²) in [5, 5.41) is 0. The van der Waals surface area contributed by atoms with E-state index in [4.69, 9.17) is 16.1 Å². The van der Waals surface area contributed by atoms with Gasteiger partial charge in [-0.2, -0.15) is 0 Å². The predicted octanol–water partition coefficient (Wildman–Crippen LogP) is 3.66. The van der Waals surface area contributed by atoms with Crippen LogP contribution in [0.15, 0.2) is 0 Å². The highest BCUT2D eigenvalue weighted by Crippen LogP contribution is 2.59. The van der Waals surface area contributed by atoms with Crippen molar-refractivity contribution in [3.63, 3.8) is 0 Å². The molecule has 1 heterocycles. The van der Waals surface area contributed by atoms with Gasteiger partial charge in [-0.05, 0) is 41.2 Å². The lowest BCUT2D eigenvalue weighted by atomic mass is 9.47. The van der Waals surface area contributed by atoms with Crippen LogP contribution in [0.3, 0.4) is 0 Å². The van der Waals surface area contributed by atoms with Crippen molar-refractivity contribution in [2.45, 2.75) is 63.0 Å². The fourth-order valence-corrected chi connectivity index (χ4v) is 4.97. The van der Waals surface area contributed by atoms with Crippen molar-refractivity contribution < 1.29 is 9.69 Å². The molecule has 0 aromatic heterocycles. The number of hydrogen-bond acceptors (Lipinski definition) is 2. The highest BCUT2D eigenvalue weighted by Gasteiger charge is 2.55. The Morgan fingerprint density at radius 1 is 0.739 bits per heavy atom. The van der Waals surface area contributed by atoms with E-state index in [9.17, 15) is 0 Å². The summed E-state index contributed by atoms with van der Waals surface area (Å²) in [6, 6.07) is 0. The summed E-state index contributed by atoms with van der Waals surface area (Å²) in [7, 11) is 0. The van der Waals surface area contributed by atoms with Gasteiger partial charge in [-0.15, -0.1) is 6.42 Å². The SMILES string of the molecule is C#CC#CC#CC#COOB1C2CCCCC2C2CCCCC12. The van der Waals surface area contributed by atoms with E-state index in [2.05, 4.69) is 41.6 Å². The molecule has 0 radical (unpaired) electrons. The predicted molar refractivity (Wildman–Crippen MR) is 91.5 cm³/mol. The summed E-state index contributed by atoms with van der Waals surface area (Å²) in [4.78, 5) is 10.9. The highest BCUT2D eigenvalue weighted by atomic mass is 17.2. The molecule has 116 valence electrons. The van der Waals surface area contributed by atoms with E-state index in [0.717, 1.165) is 11.8 Å². The van der Waals surface area contributed by atoms with Gasteiger partial charge in [0.15, 0.2) is 6.11 Å². The van der Waals surface area contributed by atoms with Crippen LogP contribution in [0.5, 0.6) is 0 Å². The van der Waals surface area contributed by atoms with E-state index in [1.54, 1.807) is 0 Å². The van der Waals surface area contributed by atoms with Gasteiger partial charge in [0.1, 0.15) is 0 Å². The minimum absolute atomic E-state index is 0.217. The van der Waals surface area contributed by atoms with Crippen LogP contribution in [0, 0.1) is 59.9 Å². The average molecular weight is 304 g/mol. The topological polar surface area (TPSA) is 18.5 Å². The second kappa shape index (κ2) is 8.07. The fourth-order valence-electron chi connectivity index (χ4n) is 4.97. The van der Waals surface area contributed by atoms with Crippen LogP contribution in [0.1, 0.15) is 51.4 Å². The third kappa shape index (κ3) is 3.70. The van der Waals surface area contributed by atoms with Gasteiger partial charge in [0.25, 0.3) is 0 Å². The molecule has 0 amide bonds. The molecule has 1 aliphatic heterocycles. The Kier molecular flexibility index (Phi) is 5.59. The molecular formula is C20H21BO2. The average Bonchev–Trinajstić information content (AvgIpc) is 2.92. The zero-order chi connectivity index (χ0) is 15.9. The Labute approximate surface area is 140 Å². The molecular weight excluding hydrogens is 283 g/mol. The van der Waals surface area contributed by atoms with Crippen LogP contribution in [-0.2, 0) is 9.69 Å². The van der Waals surface area contributed by atoms with E-state index in [1.807, 2.05) is 0 Å². The van der Waals surface area contributed by atoms with Crippen LogP contribution in [-0.4, -0.2) is 6.92 Å². The van der Waals surface area contributed by atoms with Crippen molar-refractivity contribution in [3.8, 4) is 48.1 Å². The molecule has 0 N–H and O–H groups in total. The Morgan fingerprint density at radius 2 is 1.30 bits per heavy atom. The minimum atomic E-state index is 0.217. The van der Waals surface area contributed by atoms with Gasteiger partial charge in [0.05, 0.1) is 0 Å². The number of rotatable bonds is 2. The molecule has 0 aromatic rings. The zero-order valence-corrected chi connectivity index (χ0v) is 13.4. The molecule has 3 aliphatic rings. The summed E-state index contributed by atoms with van der Waals surface area (Å²) < 4.78 is 0. The lowest BCUT2D eigenvalue weighted by Crippen LogP contribution is -2.28. The molecule has 2 nitrogen and oxygen atoms in total. The zero-order valence-electron chi connectivity index (χ0n) is 13.4. The van der Waals surface area contributed by atoms with Crippen molar-refractivity contribution >= 4 is 6.92 Å². The molecule has 4 unspecified atom stereocenters. The largest absolute Gasteiger partial charge is 0.364 e. The Hall–Kier alpha value is -1.94. The number of hydrogen-bond donors (Lipinski definition) is 0. The third-order valence-corrected chi connectivity index (χ3v) is 5.72. The van der Waals surface area contributed by atoms with E-state index in [-0.39, 0.29) is 6.92 Å².